The summed E-state index contributed by atoms with van der Waals surface area (Å²) < 4.78 is 5.51. The number of amides is 1. The van der Waals surface area contributed by atoms with Crippen molar-refractivity contribution in [2.75, 3.05) is 6.61 Å². The zero-order chi connectivity index (χ0) is 20.6. The Labute approximate surface area is 172 Å². The summed E-state index contributed by atoms with van der Waals surface area (Å²) in [6.07, 6.45) is 2.70. The van der Waals surface area contributed by atoms with E-state index in [1.807, 2.05) is 25.1 Å². The molecule has 0 saturated carbocycles. The zero-order valence-corrected chi connectivity index (χ0v) is 16.7. The first-order valence-corrected chi connectivity index (χ1v) is 9.67. The summed E-state index contributed by atoms with van der Waals surface area (Å²) in [6.45, 7) is 2.61. The fourth-order valence-electron chi connectivity index (χ4n) is 2.63. The van der Waals surface area contributed by atoms with Gasteiger partial charge in [-0.2, -0.15) is 5.10 Å². The summed E-state index contributed by atoms with van der Waals surface area (Å²) in [5.74, 6) is 0.299. The molecular formula is C21H21ClN4O3. The third kappa shape index (κ3) is 5.65. The Kier molecular flexibility index (Phi) is 6.97. The zero-order valence-electron chi connectivity index (χ0n) is 15.9. The van der Waals surface area contributed by atoms with Crippen LogP contribution in [0.5, 0.6) is 5.75 Å². The van der Waals surface area contributed by atoms with E-state index in [2.05, 4.69) is 20.5 Å². The third-order valence-electron chi connectivity index (χ3n) is 4.08. The number of nitrogens with zero attached hydrogens (tertiary/aromatic N) is 2. The van der Waals surface area contributed by atoms with Gasteiger partial charge < -0.3 is 9.72 Å². The van der Waals surface area contributed by atoms with Crippen LogP contribution in [-0.4, -0.2) is 28.7 Å². The van der Waals surface area contributed by atoms with Crippen molar-refractivity contribution in [3.63, 3.8) is 0 Å². The third-order valence-corrected chi connectivity index (χ3v) is 4.37. The van der Waals surface area contributed by atoms with E-state index in [0.717, 1.165) is 12.0 Å². The number of aromatic amines is 1. The van der Waals surface area contributed by atoms with Crippen LogP contribution in [-0.2, 0) is 11.2 Å². The smallest absolute Gasteiger partial charge is 0.270 e. The molecule has 2 aromatic carbocycles. The van der Waals surface area contributed by atoms with Crippen LogP contribution in [0.3, 0.4) is 0 Å². The van der Waals surface area contributed by atoms with Gasteiger partial charge in [0.1, 0.15) is 11.4 Å². The SMILES string of the molecule is CCCOc1ccc(/C=N\NC(=O)CCc2nc3ccccc3[nH]c2=O)cc1Cl. The van der Waals surface area contributed by atoms with Gasteiger partial charge in [0.05, 0.1) is 28.9 Å². The van der Waals surface area contributed by atoms with E-state index in [0.29, 0.717) is 34.1 Å². The molecule has 3 aromatic rings. The molecule has 29 heavy (non-hydrogen) atoms. The van der Waals surface area contributed by atoms with Crippen molar-refractivity contribution in [2.24, 2.45) is 5.10 Å². The molecule has 0 aliphatic carbocycles. The molecule has 150 valence electrons. The highest BCUT2D eigenvalue weighted by Gasteiger charge is 2.08. The number of fused-ring (bicyclic) bond motifs is 1. The molecule has 3 rings (SSSR count). The molecule has 1 amide bonds. The first-order valence-electron chi connectivity index (χ1n) is 9.29. The first kappa shape index (κ1) is 20.5. The number of hydrogen-bond donors (Lipinski definition) is 2. The van der Waals surface area contributed by atoms with Crippen molar-refractivity contribution in [1.29, 1.82) is 0 Å². The van der Waals surface area contributed by atoms with E-state index in [1.165, 1.54) is 6.21 Å². The second kappa shape index (κ2) is 9.84. The van der Waals surface area contributed by atoms with Crippen LogP contribution >= 0.6 is 11.6 Å². The summed E-state index contributed by atoms with van der Waals surface area (Å²) in [5, 5.41) is 4.41. The van der Waals surface area contributed by atoms with Crippen molar-refractivity contribution in [3.05, 3.63) is 69.1 Å². The molecule has 0 fully saturated rings. The van der Waals surface area contributed by atoms with Gasteiger partial charge in [-0.25, -0.2) is 10.4 Å². The fourth-order valence-corrected chi connectivity index (χ4v) is 2.87. The maximum absolute atomic E-state index is 12.1. The molecule has 7 nitrogen and oxygen atoms in total. The number of halogens is 1. The second-order valence-electron chi connectivity index (χ2n) is 6.36. The summed E-state index contributed by atoms with van der Waals surface area (Å²) in [4.78, 5) is 31.2. The largest absolute Gasteiger partial charge is 0.492 e. The molecule has 0 bridgehead atoms. The average Bonchev–Trinajstić information content (AvgIpc) is 2.71. The Bertz CT molecular complexity index is 1090. The molecule has 0 radical (unpaired) electrons. The van der Waals surface area contributed by atoms with Crippen LogP contribution in [0.1, 0.15) is 31.0 Å². The van der Waals surface area contributed by atoms with Gasteiger partial charge in [-0.05, 0) is 42.3 Å². The number of nitrogens with one attached hydrogen (secondary N) is 2. The highest BCUT2D eigenvalue weighted by Crippen LogP contribution is 2.25. The number of H-pyrrole nitrogens is 1. The van der Waals surface area contributed by atoms with Gasteiger partial charge in [0.2, 0.25) is 5.91 Å². The number of carbonyl (C=O) groups excluding carboxylic acids is 1. The number of rotatable bonds is 8. The van der Waals surface area contributed by atoms with Gasteiger partial charge in [0.15, 0.2) is 0 Å². The van der Waals surface area contributed by atoms with Crippen molar-refractivity contribution < 1.29 is 9.53 Å². The van der Waals surface area contributed by atoms with Crippen molar-refractivity contribution in [2.45, 2.75) is 26.2 Å². The van der Waals surface area contributed by atoms with Crippen LogP contribution in [0.25, 0.3) is 11.0 Å². The molecule has 8 heteroatoms. The number of aromatic nitrogens is 2. The van der Waals surface area contributed by atoms with Gasteiger partial charge in [0.25, 0.3) is 5.56 Å². The molecule has 0 aliphatic heterocycles. The van der Waals surface area contributed by atoms with Crippen LogP contribution in [0.4, 0.5) is 0 Å². The van der Waals surface area contributed by atoms with Gasteiger partial charge in [-0.1, -0.05) is 30.7 Å². The normalized spacial score (nSPS) is 11.1. The van der Waals surface area contributed by atoms with Gasteiger partial charge in [0, 0.05) is 12.8 Å². The van der Waals surface area contributed by atoms with Gasteiger partial charge in [-0.15, -0.1) is 0 Å². The number of benzene rings is 2. The highest BCUT2D eigenvalue weighted by atomic mass is 35.5. The lowest BCUT2D eigenvalue weighted by molar-refractivity contribution is -0.121. The number of ether oxygens (including phenoxy) is 1. The lowest BCUT2D eigenvalue weighted by Crippen LogP contribution is -2.21. The quantitative estimate of drug-likeness (QED) is 0.437. The van der Waals surface area contributed by atoms with E-state index < -0.39 is 0 Å². The fraction of sp³-hybridized carbons (Fsp3) is 0.238. The molecule has 1 aromatic heterocycles. The van der Waals surface area contributed by atoms with E-state index in [-0.39, 0.29) is 24.3 Å². The highest BCUT2D eigenvalue weighted by molar-refractivity contribution is 6.32. The van der Waals surface area contributed by atoms with Crippen LogP contribution in [0.2, 0.25) is 5.02 Å². The Morgan fingerprint density at radius 1 is 1.31 bits per heavy atom. The predicted molar refractivity (Wildman–Crippen MR) is 114 cm³/mol. The molecular weight excluding hydrogens is 392 g/mol. The molecule has 0 unspecified atom stereocenters. The number of aryl methyl sites for hydroxylation is 1. The maximum atomic E-state index is 12.1. The van der Waals surface area contributed by atoms with Crippen LogP contribution < -0.4 is 15.7 Å². The minimum absolute atomic E-state index is 0.0936. The summed E-state index contributed by atoms with van der Waals surface area (Å²) >= 11 is 6.17. The van der Waals surface area contributed by atoms with Crippen molar-refractivity contribution >= 4 is 34.8 Å². The van der Waals surface area contributed by atoms with E-state index in [9.17, 15) is 9.59 Å². The number of hydrogen-bond acceptors (Lipinski definition) is 5. The van der Waals surface area contributed by atoms with E-state index in [1.54, 1.807) is 24.3 Å². The average molecular weight is 413 g/mol. The molecule has 0 saturated heterocycles. The maximum Gasteiger partial charge on any atom is 0.270 e. The monoisotopic (exact) mass is 412 g/mol. The predicted octanol–water partition coefficient (Wildman–Crippen LogP) is 3.45. The van der Waals surface area contributed by atoms with Gasteiger partial charge >= 0.3 is 0 Å². The minimum Gasteiger partial charge on any atom is -0.492 e. The lowest BCUT2D eigenvalue weighted by atomic mass is 10.2. The summed E-state index contributed by atoms with van der Waals surface area (Å²) in [7, 11) is 0. The van der Waals surface area contributed by atoms with E-state index in [4.69, 9.17) is 16.3 Å². The van der Waals surface area contributed by atoms with Crippen molar-refractivity contribution in [1.82, 2.24) is 15.4 Å². The van der Waals surface area contributed by atoms with Crippen LogP contribution in [0, 0.1) is 0 Å². The minimum atomic E-state index is -0.315. The topological polar surface area (TPSA) is 96.4 Å². The second-order valence-corrected chi connectivity index (χ2v) is 6.77. The Morgan fingerprint density at radius 3 is 2.93 bits per heavy atom. The summed E-state index contributed by atoms with van der Waals surface area (Å²) in [5.41, 5.74) is 4.55. The van der Waals surface area contributed by atoms with Gasteiger partial charge in [-0.3, -0.25) is 9.59 Å². The Hall–Kier alpha value is -3.19. The lowest BCUT2D eigenvalue weighted by Gasteiger charge is -2.06. The summed E-state index contributed by atoms with van der Waals surface area (Å²) in [6, 6.07) is 12.5. The molecule has 0 aliphatic rings. The first-order chi connectivity index (χ1) is 14.1. The number of carbonyl (C=O) groups is 1. The molecule has 1 heterocycles. The molecule has 0 atom stereocenters. The van der Waals surface area contributed by atoms with Crippen molar-refractivity contribution in [3.8, 4) is 5.75 Å². The van der Waals surface area contributed by atoms with E-state index >= 15 is 0 Å². The molecule has 0 spiro atoms. The van der Waals surface area contributed by atoms with Crippen LogP contribution in [0.15, 0.2) is 52.4 Å². The number of para-hydroxylation sites is 2. The number of hydrazone groups is 1. The Balaban J connectivity index is 1.54. The standard InChI is InChI=1S/C21H21ClN4O3/c1-2-11-29-19-9-7-14(12-15(19)22)13-23-26-20(27)10-8-18-21(28)25-17-6-4-3-5-16(17)24-18/h3-7,9,12-13H,2,8,10-11H2,1H3,(H,25,28)(H,26,27)/b23-13-. The Morgan fingerprint density at radius 2 is 2.14 bits per heavy atom. The molecule has 2 N–H and O–H groups in total.